The number of amides is 2. The minimum Gasteiger partial charge on any atom is -0.496 e. The Kier molecular flexibility index (Phi) is 4.37. The molecule has 0 unspecified atom stereocenters. The number of carbonyl (C=O) groups is 2. The molecule has 1 aliphatic rings. The highest BCUT2D eigenvalue weighted by molar-refractivity contribution is 6.01. The number of hydrogen-bond acceptors (Lipinski definition) is 4. The van der Waals surface area contributed by atoms with Crippen molar-refractivity contribution in [1.29, 1.82) is 0 Å². The van der Waals surface area contributed by atoms with Crippen LogP contribution in [0.15, 0.2) is 42.5 Å². The van der Waals surface area contributed by atoms with E-state index in [9.17, 15) is 9.59 Å². The van der Waals surface area contributed by atoms with Gasteiger partial charge in [0.15, 0.2) is 0 Å². The number of nitrogens with one attached hydrogen (secondary N) is 2. The van der Waals surface area contributed by atoms with Gasteiger partial charge in [0.2, 0.25) is 5.91 Å². The van der Waals surface area contributed by atoms with E-state index in [1.807, 2.05) is 24.3 Å². The molecule has 6 nitrogen and oxygen atoms in total. The molecular weight excluding hydrogens is 308 g/mol. The van der Waals surface area contributed by atoms with Crippen LogP contribution in [-0.2, 0) is 4.79 Å². The number of hydrogen-bond donors (Lipinski definition) is 2. The SMILES string of the molecule is COc1cccc(OC)c1C(=O)N[C@@H]1CC(=O)Nc2ccccc21. The number of ether oxygens (including phenoxy) is 2. The van der Waals surface area contributed by atoms with Crippen LogP contribution in [0.3, 0.4) is 0 Å². The van der Waals surface area contributed by atoms with Crippen molar-refractivity contribution in [2.24, 2.45) is 0 Å². The van der Waals surface area contributed by atoms with Gasteiger partial charge in [-0.05, 0) is 23.8 Å². The van der Waals surface area contributed by atoms with E-state index in [-0.39, 0.29) is 18.2 Å². The Morgan fingerprint density at radius 3 is 2.42 bits per heavy atom. The van der Waals surface area contributed by atoms with Crippen molar-refractivity contribution < 1.29 is 19.1 Å². The minimum absolute atomic E-state index is 0.133. The lowest BCUT2D eigenvalue weighted by Gasteiger charge is -2.26. The molecule has 0 saturated heterocycles. The van der Waals surface area contributed by atoms with E-state index >= 15 is 0 Å². The van der Waals surface area contributed by atoms with Crippen LogP contribution in [0.1, 0.15) is 28.4 Å². The molecular formula is C18H18N2O4. The number of para-hydroxylation sites is 1. The predicted molar refractivity (Wildman–Crippen MR) is 89.4 cm³/mol. The minimum atomic E-state index is -0.405. The summed E-state index contributed by atoms with van der Waals surface area (Å²) in [6.07, 6.45) is 0.181. The second-order valence-corrected chi connectivity index (χ2v) is 5.40. The summed E-state index contributed by atoms with van der Waals surface area (Å²) in [6, 6.07) is 12.1. The fraction of sp³-hybridized carbons (Fsp3) is 0.222. The van der Waals surface area contributed by atoms with Crippen molar-refractivity contribution in [2.45, 2.75) is 12.5 Å². The van der Waals surface area contributed by atoms with Crippen molar-refractivity contribution in [3.05, 3.63) is 53.6 Å². The summed E-state index contributed by atoms with van der Waals surface area (Å²) in [4.78, 5) is 24.7. The Morgan fingerprint density at radius 1 is 1.08 bits per heavy atom. The maximum Gasteiger partial charge on any atom is 0.259 e. The molecule has 0 bridgehead atoms. The lowest BCUT2D eigenvalue weighted by Crippen LogP contribution is -2.35. The van der Waals surface area contributed by atoms with E-state index in [0.717, 1.165) is 5.56 Å². The molecule has 3 rings (SSSR count). The Morgan fingerprint density at radius 2 is 1.75 bits per heavy atom. The summed E-state index contributed by atoms with van der Waals surface area (Å²) >= 11 is 0. The summed E-state index contributed by atoms with van der Waals surface area (Å²) in [5.41, 5.74) is 1.90. The zero-order valence-corrected chi connectivity index (χ0v) is 13.5. The number of fused-ring (bicyclic) bond motifs is 1. The van der Waals surface area contributed by atoms with E-state index < -0.39 is 6.04 Å². The summed E-state index contributed by atoms with van der Waals surface area (Å²) in [7, 11) is 2.99. The first kappa shape index (κ1) is 15.9. The van der Waals surface area contributed by atoms with Crippen LogP contribution in [0.5, 0.6) is 11.5 Å². The third-order valence-corrected chi connectivity index (χ3v) is 3.96. The first-order valence-corrected chi connectivity index (χ1v) is 7.54. The predicted octanol–water partition coefficient (Wildman–Crippen LogP) is 2.52. The molecule has 0 fully saturated rings. The van der Waals surface area contributed by atoms with Crippen molar-refractivity contribution in [3.63, 3.8) is 0 Å². The second-order valence-electron chi connectivity index (χ2n) is 5.40. The lowest BCUT2D eigenvalue weighted by atomic mass is 9.97. The number of carbonyl (C=O) groups excluding carboxylic acids is 2. The van der Waals surface area contributed by atoms with E-state index in [0.29, 0.717) is 22.7 Å². The molecule has 2 amide bonds. The maximum atomic E-state index is 12.8. The van der Waals surface area contributed by atoms with E-state index in [1.54, 1.807) is 18.2 Å². The average molecular weight is 326 g/mol. The van der Waals surface area contributed by atoms with Crippen LogP contribution in [0, 0.1) is 0 Å². The summed E-state index contributed by atoms with van der Waals surface area (Å²) < 4.78 is 10.5. The van der Waals surface area contributed by atoms with E-state index in [4.69, 9.17) is 9.47 Å². The van der Waals surface area contributed by atoms with Crippen molar-refractivity contribution in [1.82, 2.24) is 5.32 Å². The van der Waals surface area contributed by atoms with Gasteiger partial charge < -0.3 is 20.1 Å². The maximum absolute atomic E-state index is 12.8. The van der Waals surface area contributed by atoms with Gasteiger partial charge >= 0.3 is 0 Å². The van der Waals surface area contributed by atoms with Crippen LogP contribution >= 0.6 is 0 Å². The van der Waals surface area contributed by atoms with Crippen LogP contribution < -0.4 is 20.1 Å². The topological polar surface area (TPSA) is 76.7 Å². The molecule has 2 N–H and O–H groups in total. The summed E-state index contributed by atoms with van der Waals surface area (Å²) in [5, 5.41) is 5.72. The normalized spacial score (nSPS) is 15.9. The molecule has 0 spiro atoms. The van der Waals surface area contributed by atoms with Crippen molar-refractivity contribution in [3.8, 4) is 11.5 Å². The zero-order chi connectivity index (χ0) is 17.1. The number of methoxy groups -OCH3 is 2. The Labute approximate surface area is 139 Å². The number of anilines is 1. The van der Waals surface area contributed by atoms with Gasteiger partial charge in [-0.2, -0.15) is 0 Å². The molecule has 1 heterocycles. The number of benzene rings is 2. The highest BCUT2D eigenvalue weighted by Gasteiger charge is 2.28. The van der Waals surface area contributed by atoms with Crippen LogP contribution in [0.2, 0.25) is 0 Å². The Balaban J connectivity index is 1.93. The van der Waals surface area contributed by atoms with Crippen molar-refractivity contribution in [2.75, 3.05) is 19.5 Å². The van der Waals surface area contributed by atoms with Gasteiger partial charge in [-0.25, -0.2) is 0 Å². The standard InChI is InChI=1S/C18H18N2O4/c1-23-14-8-5-9-15(24-2)17(14)18(22)20-13-10-16(21)19-12-7-4-3-6-11(12)13/h3-9,13H,10H2,1-2H3,(H,19,21)(H,20,22)/t13-/m1/s1. The zero-order valence-electron chi connectivity index (χ0n) is 13.5. The number of rotatable bonds is 4. The van der Waals surface area contributed by atoms with Gasteiger partial charge in [-0.15, -0.1) is 0 Å². The monoisotopic (exact) mass is 326 g/mol. The summed E-state index contributed by atoms with van der Waals surface area (Å²) in [5.74, 6) is 0.352. The van der Waals surface area contributed by atoms with Crippen LogP contribution in [0.4, 0.5) is 5.69 Å². The van der Waals surface area contributed by atoms with Gasteiger partial charge in [0.25, 0.3) is 5.91 Å². The molecule has 1 atom stereocenters. The molecule has 0 radical (unpaired) electrons. The Bertz CT molecular complexity index is 766. The first-order valence-electron chi connectivity index (χ1n) is 7.54. The molecule has 6 heteroatoms. The van der Waals surface area contributed by atoms with Crippen LogP contribution in [-0.4, -0.2) is 26.0 Å². The smallest absolute Gasteiger partial charge is 0.259 e. The molecule has 1 aliphatic heterocycles. The molecule has 2 aromatic rings. The highest BCUT2D eigenvalue weighted by atomic mass is 16.5. The average Bonchev–Trinajstić information content (AvgIpc) is 2.60. The van der Waals surface area contributed by atoms with E-state index in [1.165, 1.54) is 14.2 Å². The molecule has 2 aromatic carbocycles. The van der Waals surface area contributed by atoms with Crippen LogP contribution in [0.25, 0.3) is 0 Å². The highest BCUT2D eigenvalue weighted by Crippen LogP contribution is 2.32. The third kappa shape index (κ3) is 2.90. The molecule has 0 aromatic heterocycles. The third-order valence-electron chi connectivity index (χ3n) is 3.96. The largest absolute Gasteiger partial charge is 0.496 e. The molecule has 0 aliphatic carbocycles. The summed E-state index contributed by atoms with van der Waals surface area (Å²) in [6.45, 7) is 0. The van der Waals surface area contributed by atoms with Crippen molar-refractivity contribution >= 4 is 17.5 Å². The van der Waals surface area contributed by atoms with Gasteiger partial charge in [-0.1, -0.05) is 24.3 Å². The fourth-order valence-corrected chi connectivity index (χ4v) is 2.85. The molecule has 0 saturated carbocycles. The Hall–Kier alpha value is -3.02. The molecule has 124 valence electrons. The van der Waals surface area contributed by atoms with Gasteiger partial charge in [-0.3, -0.25) is 9.59 Å². The van der Waals surface area contributed by atoms with Gasteiger partial charge in [0.05, 0.1) is 26.7 Å². The molecule has 24 heavy (non-hydrogen) atoms. The van der Waals surface area contributed by atoms with E-state index in [2.05, 4.69) is 10.6 Å². The second kappa shape index (κ2) is 6.62. The van der Waals surface area contributed by atoms with Gasteiger partial charge in [0, 0.05) is 5.69 Å². The fourth-order valence-electron chi connectivity index (χ4n) is 2.85. The first-order chi connectivity index (χ1) is 11.6. The lowest BCUT2D eigenvalue weighted by molar-refractivity contribution is -0.116. The quantitative estimate of drug-likeness (QED) is 0.905. The van der Waals surface area contributed by atoms with Gasteiger partial charge in [0.1, 0.15) is 17.1 Å².